The van der Waals surface area contributed by atoms with E-state index in [-0.39, 0.29) is 0 Å². The van der Waals surface area contributed by atoms with E-state index >= 15 is 0 Å². The van der Waals surface area contributed by atoms with Crippen LogP contribution >= 0.6 is 0 Å². The number of rotatable bonds is 30. The van der Waals surface area contributed by atoms with Gasteiger partial charge in [-0.15, -0.1) is 0 Å². The van der Waals surface area contributed by atoms with Crippen LogP contribution in [-0.2, 0) is 4.74 Å². The van der Waals surface area contributed by atoms with Gasteiger partial charge in [-0.3, -0.25) is 0 Å². The lowest BCUT2D eigenvalue weighted by Crippen LogP contribution is -2.15. The Morgan fingerprint density at radius 3 is 1.09 bits per heavy atom. The Balaban J connectivity index is 0.882. The Hall–Kier alpha value is -0.560. The molecule has 0 amide bonds. The monoisotopic (exact) mass is 735 g/mol. The molecule has 0 heterocycles. The lowest BCUT2D eigenvalue weighted by molar-refractivity contribution is 0.126. The second-order valence-corrected chi connectivity index (χ2v) is 19.6. The van der Waals surface area contributed by atoms with Gasteiger partial charge in [-0.2, -0.15) is 0 Å². The summed E-state index contributed by atoms with van der Waals surface area (Å²) in [5, 5.41) is 0. The van der Waals surface area contributed by atoms with E-state index in [1.54, 1.807) is 11.1 Å². The minimum Gasteiger partial charge on any atom is -0.381 e. The molecule has 0 bridgehead atoms. The van der Waals surface area contributed by atoms with Crippen molar-refractivity contribution in [3.05, 3.63) is 23.3 Å². The molecule has 2 unspecified atom stereocenters. The Morgan fingerprint density at radius 2 is 0.736 bits per heavy atom. The van der Waals surface area contributed by atoms with Crippen molar-refractivity contribution in [2.45, 2.75) is 258 Å². The van der Waals surface area contributed by atoms with E-state index in [1.165, 1.54) is 244 Å². The van der Waals surface area contributed by atoms with Gasteiger partial charge in [-0.25, -0.2) is 0 Å². The predicted octanol–water partition coefficient (Wildman–Crippen LogP) is 17.5. The molecule has 1 heteroatoms. The molecule has 0 aromatic carbocycles. The lowest BCUT2D eigenvalue weighted by atomic mass is 9.77. The Labute approximate surface area is 333 Å². The van der Waals surface area contributed by atoms with Crippen LogP contribution in [0.1, 0.15) is 258 Å². The maximum atomic E-state index is 6.07. The van der Waals surface area contributed by atoms with Crippen molar-refractivity contribution >= 4 is 0 Å². The van der Waals surface area contributed by atoms with Crippen molar-refractivity contribution < 1.29 is 4.74 Å². The van der Waals surface area contributed by atoms with Gasteiger partial charge in [0.25, 0.3) is 0 Å². The summed E-state index contributed by atoms with van der Waals surface area (Å²) in [7, 11) is 0. The van der Waals surface area contributed by atoms with Crippen LogP contribution in [0.25, 0.3) is 0 Å². The normalized spacial score (nSPS) is 26.8. The van der Waals surface area contributed by atoms with Gasteiger partial charge < -0.3 is 4.74 Å². The van der Waals surface area contributed by atoms with Gasteiger partial charge >= 0.3 is 0 Å². The highest BCUT2D eigenvalue weighted by Gasteiger charge is 2.23. The molecule has 308 valence electrons. The first-order valence-corrected chi connectivity index (χ1v) is 25.1. The van der Waals surface area contributed by atoms with Gasteiger partial charge in [0.1, 0.15) is 0 Å². The standard InChI is InChI=1S/C52H94O/c1-3-5-7-9-11-19-45-27-35-49(36-28-45)23-17-25-51-39-31-47(32-40-51)21-13-15-43-53-44-16-14-22-48-33-41-52(42-34-48)26-18-24-50-37-29-46(30-38-50)20-12-10-8-6-4-2/h31,33,45-46,49-52H,3-30,32,34-44H2,1-2H3. The highest BCUT2D eigenvalue weighted by molar-refractivity contribution is 5.07. The zero-order valence-electron chi connectivity index (χ0n) is 36.3. The van der Waals surface area contributed by atoms with Crippen LogP contribution in [0.15, 0.2) is 23.3 Å². The largest absolute Gasteiger partial charge is 0.381 e. The van der Waals surface area contributed by atoms with Gasteiger partial charge in [-0.05, 0) is 113 Å². The molecule has 2 fully saturated rings. The second-order valence-electron chi connectivity index (χ2n) is 19.6. The van der Waals surface area contributed by atoms with Crippen molar-refractivity contribution in [2.75, 3.05) is 13.2 Å². The SMILES string of the molecule is CCCCCCCC1CCC(CCCC2CC=C(CCCCOCCCCC3=CCC(CCCC4CCC(CCCCCCC)CC4)CC3)CC2)CC1. The van der Waals surface area contributed by atoms with Crippen molar-refractivity contribution in [2.24, 2.45) is 35.5 Å². The first kappa shape index (κ1) is 45.1. The van der Waals surface area contributed by atoms with Gasteiger partial charge in [0.15, 0.2) is 0 Å². The van der Waals surface area contributed by atoms with Crippen LogP contribution in [0.3, 0.4) is 0 Å². The van der Waals surface area contributed by atoms with Gasteiger partial charge in [0.05, 0.1) is 0 Å². The third kappa shape index (κ3) is 21.0. The maximum Gasteiger partial charge on any atom is 0.0466 e. The summed E-state index contributed by atoms with van der Waals surface area (Å²) < 4.78 is 6.07. The Bertz CT molecular complexity index is 839. The average Bonchev–Trinajstić information content (AvgIpc) is 3.19. The fraction of sp³-hybridized carbons (Fsp3) is 0.923. The molecule has 0 radical (unpaired) electrons. The summed E-state index contributed by atoms with van der Waals surface area (Å²) in [6.07, 6.45) is 60.4. The highest BCUT2D eigenvalue weighted by Crippen LogP contribution is 2.38. The second kappa shape index (κ2) is 29.6. The Morgan fingerprint density at radius 1 is 0.377 bits per heavy atom. The van der Waals surface area contributed by atoms with E-state index in [0.29, 0.717) is 0 Å². The topological polar surface area (TPSA) is 9.23 Å². The average molecular weight is 735 g/mol. The molecule has 0 aliphatic heterocycles. The van der Waals surface area contributed by atoms with E-state index in [2.05, 4.69) is 26.0 Å². The minimum absolute atomic E-state index is 0.974. The molecule has 1 nitrogen and oxygen atoms in total. The van der Waals surface area contributed by atoms with Crippen LogP contribution in [0.2, 0.25) is 0 Å². The van der Waals surface area contributed by atoms with Crippen LogP contribution in [0, 0.1) is 35.5 Å². The van der Waals surface area contributed by atoms with E-state index in [1.807, 2.05) is 0 Å². The molecule has 2 saturated carbocycles. The molecule has 0 N–H and O–H groups in total. The molecule has 0 saturated heterocycles. The van der Waals surface area contributed by atoms with Gasteiger partial charge in [0.2, 0.25) is 0 Å². The first-order valence-electron chi connectivity index (χ1n) is 25.1. The number of hydrogen-bond acceptors (Lipinski definition) is 1. The van der Waals surface area contributed by atoms with Crippen molar-refractivity contribution in [1.29, 1.82) is 0 Å². The number of ether oxygens (including phenoxy) is 1. The fourth-order valence-corrected chi connectivity index (χ4v) is 11.2. The molecular weight excluding hydrogens is 641 g/mol. The number of hydrogen-bond donors (Lipinski definition) is 0. The zero-order chi connectivity index (χ0) is 37.0. The summed E-state index contributed by atoms with van der Waals surface area (Å²) >= 11 is 0. The molecule has 4 aliphatic carbocycles. The predicted molar refractivity (Wildman–Crippen MR) is 235 cm³/mol. The minimum atomic E-state index is 0.974. The lowest BCUT2D eigenvalue weighted by Gasteiger charge is -2.29. The summed E-state index contributed by atoms with van der Waals surface area (Å²) in [5.41, 5.74) is 3.52. The number of unbranched alkanes of at least 4 members (excludes halogenated alkanes) is 10. The van der Waals surface area contributed by atoms with E-state index in [0.717, 1.165) is 48.7 Å². The molecule has 53 heavy (non-hydrogen) atoms. The zero-order valence-corrected chi connectivity index (χ0v) is 36.3. The highest BCUT2D eigenvalue weighted by atomic mass is 16.5. The van der Waals surface area contributed by atoms with Gasteiger partial charge in [-0.1, -0.05) is 204 Å². The Kier molecular flexibility index (Phi) is 25.3. The van der Waals surface area contributed by atoms with Crippen molar-refractivity contribution in [1.82, 2.24) is 0 Å². The van der Waals surface area contributed by atoms with Gasteiger partial charge in [0, 0.05) is 13.2 Å². The number of allylic oxidation sites excluding steroid dienone is 4. The fourth-order valence-electron chi connectivity index (χ4n) is 11.2. The molecule has 4 aliphatic rings. The van der Waals surface area contributed by atoms with Crippen molar-refractivity contribution in [3.63, 3.8) is 0 Å². The smallest absolute Gasteiger partial charge is 0.0466 e. The van der Waals surface area contributed by atoms with Crippen LogP contribution in [0.5, 0.6) is 0 Å². The van der Waals surface area contributed by atoms with Crippen LogP contribution in [-0.4, -0.2) is 13.2 Å². The third-order valence-corrected chi connectivity index (χ3v) is 15.1. The third-order valence-electron chi connectivity index (χ3n) is 15.1. The van der Waals surface area contributed by atoms with Crippen LogP contribution < -0.4 is 0 Å². The summed E-state index contributed by atoms with van der Waals surface area (Å²) in [6, 6.07) is 0. The molecule has 4 rings (SSSR count). The quantitative estimate of drug-likeness (QED) is 0.0527. The maximum absolute atomic E-state index is 6.07. The molecule has 0 spiro atoms. The van der Waals surface area contributed by atoms with E-state index < -0.39 is 0 Å². The van der Waals surface area contributed by atoms with Crippen molar-refractivity contribution in [3.8, 4) is 0 Å². The first-order chi connectivity index (χ1) is 26.2. The summed E-state index contributed by atoms with van der Waals surface area (Å²) in [5.74, 6) is 6.20. The van der Waals surface area contributed by atoms with E-state index in [4.69, 9.17) is 4.74 Å². The van der Waals surface area contributed by atoms with E-state index in [9.17, 15) is 0 Å². The summed E-state index contributed by atoms with van der Waals surface area (Å²) in [6.45, 7) is 6.60. The molecule has 2 atom stereocenters. The molecular formula is C52H94O. The molecule has 0 aromatic rings. The van der Waals surface area contributed by atoms with Crippen LogP contribution in [0.4, 0.5) is 0 Å². The molecule has 0 aromatic heterocycles. The summed E-state index contributed by atoms with van der Waals surface area (Å²) in [4.78, 5) is 0.